The number of nitrogens with zero attached hydrogens (tertiary/aromatic N) is 1. The van der Waals surface area contributed by atoms with Crippen LogP contribution in [0.4, 0.5) is 21.6 Å². The maximum Gasteiger partial charge on any atom is 0.261 e. The first-order valence-electron chi connectivity index (χ1n) is 8.28. The molecule has 0 bridgehead atoms. The lowest BCUT2D eigenvalue weighted by atomic mass is 10.2. The largest absolute Gasteiger partial charge is 0.492 e. The average molecular weight is 386 g/mol. The highest BCUT2D eigenvalue weighted by Crippen LogP contribution is 2.27. The Morgan fingerprint density at radius 3 is 2.67 bits per heavy atom. The summed E-state index contributed by atoms with van der Waals surface area (Å²) < 4.78 is 19.4. The normalized spacial score (nSPS) is 10.3. The van der Waals surface area contributed by atoms with Crippen LogP contribution in [-0.2, 0) is 0 Å². The smallest absolute Gasteiger partial charge is 0.261 e. The zero-order valence-electron chi connectivity index (χ0n) is 14.5. The van der Waals surface area contributed by atoms with Crippen molar-refractivity contribution in [2.45, 2.75) is 6.92 Å². The Morgan fingerprint density at radius 1 is 1.15 bits per heavy atom. The number of nitrogens with one attached hydrogen (secondary N) is 2. The first kappa shape index (κ1) is 18.7. The van der Waals surface area contributed by atoms with E-state index in [0.717, 1.165) is 11.4 Å². The summed E-state index contributed by atoms with van der Waals surface area (Å²) in [5, 5.41) is 5.78. The fourth-order valence-electron chi connectivity index (χ4n) is 2.44. The van der Waals surface area contributed by atoms with E-state index in [1.165, 1.54) is 18.2 Å². The molecule has 0 fully saturated rings. The molecule has 0 radical (unpaired) electrons. The number of carbonyl (C=O) groups is 1. The summed E-state index contributed by atoms with van der Waals surface area (Å²) in [5.41, 5.74) is 1.30. The molecule has 0 unspecified atom stereocenters. The summed E-state index contributed by atoms with van der Waals surface area (Å²) in [6, 6.07) is 15.0. The van der Waals surface area contributed by atoms with Crippen molar-refractivity contribution in [3.05, 3.63) is 77.2 Å². The number of amides is 1. The lowest BCUT2D eigenvalue weighted by molar-refractivity contribution is 0.102. The third-order valence-corrected chi connectivity index (χ3v) is 3.98. The monoisotopic (exact) mass is 385 g/mol. The number of pyridine rings is 1. The summed E-state index contributed by atoms with van der Waals surface area (Å²) in [6.07, 6.45) is 1.56. The number of ether oxygens (including phenoxy) is 1. The number of halogens is 2. The summed E-state index contributed by atoms with van der Waals surface area (Å²) in [4.78, 5) is 16.4. The molecular formula is C20H17ClFN3O2. The highest BCUT2D eigenvalue weighted by Gasteiger charge is 2.16. The molecule has 1 aromatic heterocycles. The number of para-hydroxylation sites is 2. The van der Waals surface area contributed by atoms with Crippen molar-refractivity contribution in [1.29, 1.82) is 0 Å². The van der Waals surface area contributed by atoms with E-state index in [-0.39, 0.29) is 16.4 Å². The SMILES string of the molecule is CCOc1ccccc1Nc1ccc(NC(=O)c2c(F)cccc2Cl)nc1. The molecule has 0 aliphatic carbocycles. The Hall–Kier alpha value is -3.12. The Balaban J connectivity index is 1.72. The molecule has 1 amide bonds. The summed E-state index contributed by atoms with van der Waals surface area (Å²) >= 11 is 5.90. The van der Waals surface area contributed by atoms with Crippen LogP contribution in [0.1, 0.15) is 17.3 Å². The van der Waals surface area contributed by atoms with Crippen molar-refractivity contribution in [3.63, 3.8) is 0 Å². The van der Waals surface area contributed by atoms with Crippen molar-refractivity contribution < 1.29 is 13.9 Å². The number of hydrogen-bond donors (Lipinski definition) is 2. The lowest BCUT2D eigenvalue weighted by Gasteiger charge is -2.12. The maximum atomic E-state index is 13.8. The predicted molar refractivity (Wildman–Crippen MR) is 104 cm³/mol. The minimum Gasteiger partial charge on any atom is -0.492 e. The second kappa shape index (κ2) is 8.51. The molecule has 0 aliphatic rings. The number of carbonyl (C=O) groups excluding carboxylic acids is 1. The summed E-state index contributed by atoms with van der Waals surface area (Å²) in [5.74, 6) is -0.339. The van der Waals surface area contributed by atoms with Gasteiger partial charge in [-0.15, -0.1) is 0 Å². The molecule has 2 aromatic carbocycles. The Kier molecular flexibility index (Phi) is 5.88. The van der Waals surface area contributed by atoms with Crippen molar-refractivity contribution in [1.82, 2.24) is 4.98 Å². The van der Waals surface area contributed by atoms with Gasteiger partial charge in [0.15, 0.2) is 0 Å². The molecule has 27 heavy (non-hydrogen) atoms. The molecule has 7 heteroatoms. The topological polar surface area (TPSA) is 63.2 Å². The van der Waals surface area contributed by atoms with Gasteiger partial charge in [0.05, 0.1) is 34.8 Å². The molecule has 3 rings (SSSR count). The fourth-order valence-corrected chi connectivity index (χ4v) is 2.69. The van der Waals surface area contributed by atoms with Crippen LogP contribution in [0.3, 0.4) is 0 Å². The second-order valence-corrected chi connectivity index (χ2v) is 5.94. The van der Waals surface area contributed by atoms with Gasteiger partial charge in [0.2, 0.25) is 0 Å². The van der Waals surface area contributed by atoms with Crippen LogP contribution in [0, 0.1) is 5.82 Å². The molecule has 5 nitrogen and oxygen atoms in total. The summed E-state index contributed by atoms with van der Waals surface area (Å²) in [6.45, 7) is 2.47. The highest BCUT2D eigenvalue weighted by atomic mass is 35.5. The zero-order chi connectivity index (χ0) is 19.2. The third kappa shape index (κ3) is 4.54. The van der Waals surface area contributed by atoms with Crippen LogP contribution in [-0.4, -0.2) is 17.5 Å². The van der Waals surface area contributed by atoms with Gasteiger partial charge in [-0.1, -0.05) is 29.8 Å². The first-order valence-corrected chi connectivity index (χ1v) is 8.66. The van der Waals surface area contributed by atoms with Crippen molar-refractivity contribution in [2.24, 2.45) is 0 Å². The van der Waals surface area contributed by atoms with E-state index in [1.54, 1.807) is 18.3 Å². The van der Waals surface area contributed by atoms with E-state index in [1.807, 2.05) is 31.2 Å². The number of rotatable bonds is 6. The van der Waals surface area contributed by atoms with Gasteiger partial charge in [-0.05, 0) is 43.3 Å². The van der Waals surface area contributed by atoms with Gasteiger partial charge in [0, 0.05) is 0 Å². The fraction of sp³-hybridized carbons (Fsp3) is 0.100. The van der Waals surface area contributed by atoms with Crippen LogP contribution in [0.15, 0.2) is 60.8 Å². The molecule has 0 atom stereocenters. The minimum absolute atomic E-state index is 0.0401. The number of anilines is 3. The maximum absolute atomic E-state index is 13.8. The number of benzene rings is 2. The van der Waals surface area contributed by atoms with Gasteiger partial charge in [0.25, 0.3) is 5.91 Å². The molecular weight excluding hydrogens is 369 g/mol. The molecule has 1 heterocycles. The van der Waals surface area contributed by atoms with Crippen LogP contribution < -0.4 is 15.4 Å². The van der Waals surface area contributed by atoms with Crippen LogP contribution in [0.5, 0.6) is 5.75 Å². The number of hydrogen-bond acceptors (Lipinski definition) is 4. The summed E-state index contributed by atoms with van der Waals surface area (Å²) in [7, 11) is 0. The van der Waals surface area contributed by atoms with Gasteiger partial charge in [-0.25, -0.2) is 9.37 Å². The number of aromatic nitrogens is 1. The third-order valence-electron chi connectivity index (χ3n) is 3.66. The Morgan fingerprint density at radius 2 is 1.96 bits per heavy atom. The molecule has 138 valence electrons. The quantitative estimate of drug-likeness (QED) is 0.606. The Labute approximate surface area is 161 Å². The highest BCUT2D eigenvalue weighted by molar-refractivity contribution is 6.34. The van der Waals surface area contributed by atoms with Crippen molar-refractivity contribution in [2.75, 3.05) is 17.2 Å². The van der Waals surface area contributed by atoms with Gasteiger partial charge < -0.3 is 15.4 Å². The predicted octanol–water partition coefficient (Wildman–Crippen LogP) is 5.27. The van der Waals surface area contributed by atoms with Crippen LogP contribution in [0.2, 0.25) is 5.02 Å². The van der Waals surface area contributed by atoms with E-state index in [9.17, 15) is 9.18 Å². The second-order valence-electron chi connectivity index (χ2n) is 5.54. The van der Waals surface area contributed by atoms with Gasteiger partial charge in [-0.3, -0.25) is 4.79 Å². The Bertz CT molecular complexity index is 928. The van der Waals surface area contributed by atoms with Crippen LogP contribution in [0.25, 0.3) is 0 Å². The van der Waals surface area contributed by atoms with E-state index in [4.69, 9.17) is 16.3 Å². The molecule has 0 spiro atoms. The van der Waals surface area contributed by atoms with Gasteiger partial charge >= 0.3 is 0 Å². The van der Waals surface area contributed by atoms with Gasteiger partial charge in [-0.2, -0.15) is 0 Å². The van der Waals surface area contributed by atoms with E-state index in [0.29, 0.717) is 12.3 Å². The van der Waals surface area contributed by atoms with E-state index in [2.05, 4.69) is 15.6 Å². The van der Waals surface area contributed by atoms with Crippen molar-refractivity contribution >= 4 is 34.7 Å². The lowest BCUT2D eigenvalue weighted by Crippen LogP contribution is -2.15. The van der Waals surface area contributed by atoms with E-state index >= 15 is 0 Å². The van der Waals surface area contributed by atoms with Crippen molar-refractivity contribution in [3.8, 4) is 5.75 Å². The molecule has 0 aliphatic heterocycles. The molecule has 2 N–H and O–H groups in total. The van der Waals surface area contributed by atoms with E-state index < -0.39 is 11.7 Å². The molecule has 3 aromatic rings. The zero-order valence-corrected chi connectivity index (χ0v) is 15.3. The standard InChI is InChI=1S/C20H17ClFN3O2/c1-2-27-17-9-4-3-8-16(17)24-13-10-11-18(23-12-13)25-20(26)19-14(21)6-5-7-15(19)22/h3-12,24H,2H2,1H3,(H,23,25,26). The molecule has 0 saturated carbocycles. The first-order chi connectivity index (χ1) is 13.1. The van der Waals surface area contributed by atoms with Gasteiger partial charge in [0.1, 0.15) is 17.4 Å². The minimum atomic E-state index is -0.689. The van der Waals surface area contributed by atoms with Crippen LogP contribution >= 0.6 is 11.6 Å². The average Bonchev–Trinajstić information content (AvgIpc) is 2.65. The molecule has 0 saturated heterocycles.